The SMILES string of the molecule is COC[C@@H](O)CNCC(=O)N1CCc2ccccc2C1[C@H]1CC[C@H](C)CC1. The number of amides is 1. The summed E-state index contributed by atoms with van der Waals surface area (Å²) in [6.07, 6.45) is 5.25. The van der Waals surface area contributed by atoms with Gasteiger partial charge in [0, 0.05) is 20.2 Å². The predicted molar refractivity (Wildman–Crippen MR) is 106 cm³/mol. The number of ether oxygens (including phenoxy) is 1. The lowest BCUT2D eigenvalue weighted by molar-refractivity contribution is -0.135. The molecule has 2 N–H and O–H groups in total. The van der Waals surface area contributed by atoms with Gasteiger partial charge in [-0.3, -0.25) is 4.79 Å². The Bertz CT molecular complexity index is 613. The highest BCUT2D eigenvalue weighted by Gasteiger charge is 2.37. The summed E-state index contributed by atoms with van der Waals surface area (Å²) < 4.78 is 4.94. The molecule has 1 saturated carbocycles. The number of nitrogens with one attached hydrogen (secondary N) is 1. The number of hydrogen-bond donors (Lipinski definition) is 2. The third-order valence-corrected chi connectivity index (χ3v) is 6.17. The van der Waals surface area contributed by atoms with Gasteiger partial charge in [0.2, 0.25) is 5.91 Å². The lowest BCUT2D eigenvalue weighted by Gasteiger charge is -2.44. The third-order valence-electron chi connectivity index (χ3n) is 6.17. The first-order valence-electron chi connectivity index (χ1n) is 10.3. The van der Waals surface area contributed by atoms with Crippen LogP contribution in [0.25, 0.3) is 0 Å². The van der Waals surface area contributed by atoms with Gasteiger partial charge in [-0.05, 0) is 42.2 Å². The van der Waals surface area contributed by atoms with Crippen molar-refractivity contribution in [1.29, 1.82) is 0 Å². The normalized spacial score (nSPS) is 26.5. The minimum absolute atomic E-state index is 0.137. The maximum Gasteiger partial charge on any atom is 0.237 e. The maximum atomic E-state index is 13.0. The molecule has 3 rings (SSSR count). The maximum absolute atomic E-state index is 13.0. The van der Waals surface area contributed by atoms with Crippen LogP contribution in [0.4, 0.5) is 0 Å². The number of nitrogens with zero attached hydrogens (tertiary/aromatic N) is 1. The van der Waals surface area contributed by atoms with Crippen molar-refractivity contribution < 1.29 is 14.6 Å². The molecule has 1 aromatic rings. The molecule has 150 valence electrons. The van der Waals surface area contributed by atoms with E-state index in [9.17, 15) is 9.90 Å². The number of aliphatic hydroxyl groups is 1. The van der Waals surface area contributed by atoms with Gasteiger partial charge >= 0.3 is 0 Å². The summed E-state index contributed by atoms with van der Waals surface area (Å²) >= 11 is 0. The summed E-state index contributed by atoms with van der Waals surface area (Å²) in [6, 6.07) is 8.84. The van der Waals surface area contributed by atoms with E-state index in [1.54, 1.807) is 7.11 Å². The number of methoxy groups -OCH3 is 1. The van der Waals surface area contributed by atoms with E-state index < -0.39 is 6.10 Å². The molecule has 0 spiro atoms. The first kappa shape index (κ1) is 20.3. The minimum atomic E-state index is -0.583. The molecule has 1 unspecified atom stereocenters. The summed E-state index contributed by atoms with van der Waals surface area (Å²) in [4.78, 5) is 15.1. The first-order chi connectivity index (χ1) is 13.1. The van der Waals surface area contributed by atoms with Crippen LogP contribution in [-0.4, -0.2) is 55.4 Å². The molecular weight excluding hydrogens is 340 g/mol. The second kappa shape index (κ2) is 9.67. The Morgan fingerprint density at radius 1 is 1.30 bits per heavy atom. The molecule has 27 heavy (non-hydrogen) atoms. The van der Waals surface area contributed by atoms with Crippen molar-refractivity contribution in [3.63, 3.8) is 0 Å². The Labute approximate surface area is 163 Å². The van der Waals surface area contributed by atoms with Crippen molar-refractivity contribution in [2.45, 2.75) is 51.2 Å². The number of fused-ring (bicyclic) bond motifs is 1. The molecule has 1 heterocycles. The van der Waals surface area contributed by atoms with Crippen LogP contribution in [0.15, 0.2) is 24.3 Å². The van der Waals surface area contributed by atoms with Crippen molar-refractivity contribution in [2.75, 3.05) is 33.4 Å². The average Bonchev–Trinajstić information content (AvgIpc) is 2.68. The van der Waals surface area contributed by atoms with Crippen LogP contribution in [0.5, 0.6) is 0 Å². The van der Waals surface area contributed by atoms with Gasteiger partial charge in [0.1, 0.15) is 0 Å². The zero-order valence-corrected chi connectivity index (χ0v) is 16.7. The van der Waals surface area contributed by atoms with E-state index in [2.05, 4.69) is 41.4 Å². The summed E-state index contributed by atoms with van der Waals surface area (Å²) in [6.45, 7) is 4.04. The molecule has 1 aliphatic carbocycles. The highest BCUT2D eigenvalue weighted by atomic mass is 16.5. The molecule has 2 aliphatic rings. The van der Waals surface area contributed by atoms with E-state index >= 15 is 0 Å². The number of carbonyl (C=O) groups excluding carboxylic acids is 1. The second-order valence-electron chi connectivity index (χ2n) is 8.24. The lowest BCUT2D eigenvalue weighted by Crippen LogP contribution is -2.47. The van der Waals surface area contributed by atoms with Crippen LogP contribution in [-0.2, 0) is 16.0 Å². The van der Waals surface area contributed by atoms with E-state index in [1.165, 1.54) is 36.8 Å². The first-order valence-corrected chi connectivity index (χ1v) is 10.3. The van der Waals surface area contributed by atoms with E-state index in [1.807, 2.05) is 0 Å². The predicted octanol–water partition coefficient (Wildman–Crippen LogP) is 2.54. The van der Waals surface area contributed by atoms with Gasteiger partial charge in [0.15, 0.2) is 0 Å². The molecule has 0 radical (unpaired) electrons. The van der Waals surface area contributed by atoms with Gasteiger partial charge in [-0.25, -0.2) is 0 Å². The Morgan fingerprint density at radius 2 is 2.04 bits per heavy atom. The van der Waals surface area contributed by atoms with Crippen LogP contribution >= 0.6 is 0 Å². The van der Waals surface area contributed by atoms with Gasteiger partial charge < -0.3 is 20.1 Å². The Balaban J connectivity index is 1.70. The molecule has 1 amide bonds. The Morgan fingerprint density at radius 3 is 2.78 bits per heavy atom. The molecule has 2 atom stereocenters. The van der Waals surface area contributed by atoms with Crippen molar-refractivity contribution in [3.8, 4) is 0 Å². The van der Waals surface area contributed by atoms with E-state index in [-0.39, 0.29) is 25.1 Å². The highest BCUT2D eigenvalue weighted by molar-refractivity contribution is 5.79. The van der Waals surface area contributed by atoms with Crippen molar-refractivity contribution in [2.24, 2.45) is 11.8 Å². The number of carbonyl (C=O) groups is 1. The van der Waals surface area contributed by atoms with Gasteiger partial charge in [0.05, 0.1) is 25.3 Å². The van der Waals surface area contributed by atoms with Crippen LogP contribution in [0.3, 0.4) is 0 Å². The van der Waals surface area contributed by atoms with Crippen molar-refractivity contribution in [1.82, 2.24) is 10.2 Å². The van der Waals surface area contributed by atoms with E-state index in [4.69, 9.17) is 4.74 Å². The third kappa shape index (κ3) is 5.09. The number of benzene rings is 1. The van der Waals surface area contributed by atoms with Crippen molar-refractivity contribution >= 4 is 5.91 Å². The van der Waals surface area contributed by atoms with Gasteiger partial charge in [-0.2, -0.15) is 0 Å². The lowest BCUT2D eigenvalue weighted by atomic mass is 9.74. The molecule has 1 aromatic carbocycles. The number of hydrogen-bond acceptors (Lipinski definition) is 4. The fourth-order valence-electron chi connectivity index (χ4n) is 4.69. The standard InChI is InChI=1S/C22H34N2O3/c1-16-7-9-18(10-8-16)22-20-6-4-3-5-17(20)11-12-24(22)21(26)14-23-13-19(25)15-27-2/h3-6,16,18-19,22-23,25H,7-15H2,1-2H3/t16-,18-,19-,22?/m0/s1. The van der Waals surface area contributed by atoms with Gasteiger partial charge in [-0.1, -0.05) is 44.0 Å². The molecule has 5 heteroatoms. The molecule has 0 aromatic heterocycles. The molecular formula is C22H34N2O3. The van der Waals surface area contributed by atoms with Crippen LogP contribution in [0, 0.1) is 11.8 Å². The van der Waals surface area contributed by atoms with Gasteiger partial charge in [-0.15, -0.1) is 0 Å². The largest absolute Gasteiger partial charge is 0.389 e. The summed E-state index contributed by atoms with van der Waals surface area (Å²) in [5.74, 6) is 1.48. The Hall–Kier alpha value is -1.43. The van der Waals surface area contributed by atoms with Crippen molar-refractivity contribution in [3.05, 3.63) is 35.4 Å². The second-order valence-corrected chi connectivity index (χ2v) is 8.24. The molecule has 1 fully saturated rings. The fourth-order valence-corrected chi connectivity index (χ4v) is 4.69. The van der Waals surface area contributed by atoms with Crippen LogP contribution in [0.1, 0.15) is 49.8 Å². The van der Waals surface area contributed by atoms with E-state index in [0.717, 1.165) is 18.9 Å². The fraction of sp³-hybridized carbons (Fsp3) is 0.682. The summed E-state index contributed by atoms with van der Waals surface area (Å²) in [5.41, 5.74) is 2.74. The summed E-state index contributed by atoms with van der Waals surface area (Å²) in [5, 5.41) is 12.9. The Kier molecular flexibility index (Phi) is 7.27. The average molecular weight is 375 g/mol. The quantitative estimate of drug-likeness (QED) is 0.770. The smallest absolute Gasteiger partial charge is 0.237 e. The van der Waals surface area contributed by atoms with Gasteiger partial charge in [0.25, 0.3) is 0 Å². The number of rotatable bonds is 7. The topological polar surface area (TPSA) is 61.8 Å². The zero-order chi connectivity index (χ0) is 19.2. The molecule has 5 nitrogen and oxygen atoms in total. The molecule has 1 aliphatic heterocycles. The zero-order valence-electron chi connectivity index (χ0n) is 16.7. The number of aliphatic hydroxyl groups excluding tert-OH is 1. The highest BCUT2D eigenvalue weighted by Crippen LogP contribution is 2.43. The molecule has 0 bridgehead atoms. The van der Waals surface area contributed by atoms with E-state index in [0.29, 0.717) is 12.5 Å². The molecule has 0 saturated heterocycles. The monoisotopic (exact) mass is 374 g/mol. The van der Waals surface area contributed by atoms with Crippen LogP contribution < -0.4 is 5.32 Å². The van der Waals surface area contributed by atoms with Crippen LogP contribution in [0.2, 0.25) is 0 Å². The minimum Gasteiger partial charge on any atom is -0.389 e. The summed E-state index contributed by atoms with van der Waals surface area (Å²) in [7, 11) is 1.56.